The Morgan fingerprint density at radius 3 is 2.26 bits per heavy atom. The number of likely N-dealkylation sites (tertiary alicyclic amines) is 1. The highest BCUT2D eigenvalue weighted by molar-refractivity contribution is 5.89. The number of alkyl halides is 3. The van der Waals surface area contributed by atoms with E-state index in [1.54, 1.807) is 31.0 Å². The summed E-state index contributed by atoms with van der Waals surface area (Å²) in [5, 5.41) is 13.4. The van der Waals surface area contributed by atoms with Gasteiger partial charge in [-0.25, -0.2) is 14.8 Å². The van der Waals surface area contributed by atoms with Crippen LogP contribution in [0.3, 0.4) is 0 Å². The average Bonchev–Trinajstić information content (AvgIpc) is 3.15. The summed E-state index contributed by atoms with van der Waals surface area (Å²) in [6.07, 6.45) is 6.55. The van der Waals surface area contributed by atoms with Gasteiger partial charge in [-0.1, -0.05) is 0 Å². The fourth-order valence-electron chi connectivity index (χ4n) is 9.43. The van der Waals surface area contributed by atoms with Gasteiger partial charge in [0, 0.05) is 74.4 Å². The maximum atomic E-state index is 13.7. The number of hydrogen-bond acceptors (Lipinski definition) is 8. The highest BCUT2D eigenvalue weighted by Crippen LogP contribution is 2.46. The quantitative estimate of drug-likeness (QED) is 0.210. The second kappa shape index (κ2) is 15.5. The normalized spacial score (nSPS) is 23.4. The molecule has 2 saturated heterocycles. The number of nitrogens with two attached hydrogens (primary N) is 1. The standard InChI is InChI=1S/C40H53F3N8O3/c1-25(30-19-31(40(41,42)43)21-32(44)20-30)46-36-33-22-34(45-23-35(33)47-26(2)48-36)28-3-5-29(6-4-28)37(52)50-17-15-49(16-18-50)24-27-7-9-39(10-8-27)11-13-51(14-12-39)38(53)54/h19-23,25,27-29H,3-18,24,44H2,1-2H3,(H,53,54)(H,46,47,48)/t25-,28?,29?/m1/s1. The lowest BCUT2D eigenvalue weighted by Crippen LogP contribution is -2.52. The van der Waals surface area contributed by atoms with Crippen molar-refractivity contribution >= 4 is 34.4 Å². The molecule has 292 valence electrons. The summed E-state index contributed by atoms with van der Waals surface area (Å²) in [5.74, 6) is 2.19. The minimum atomic E-state index is -4.51. The molecule has 2 amide bonds. The predicted molar refractivity (Wildman–Crippen MR) is 201 cm³/mol. The van der Waals surface area contributed by atoms with E-state index in [2.05, 4.69) is 25.1 Å². The van der Waals surface area contributed by atoms with Crippen molar-refractivity contribution in [1.82, 2.24) is 29.7 Å². The van der Waals surface area contributed by atoms with Gasteiger partial charge in [-0.15, -0.1) is 0 Å². The topological polar surface area (TPSA) is 141 Å². The first-order valence-corrected chi connectivity index (χ1v) is 19.6. The second-order valence-corrected chi connectivity index (χ2v) is 16.4. The van der Waals surface area contributed by atoms with Crippen molar-refractivity contribution in [3.05, 3.63) is 53.1 Å². The molecule has 2 aliphatic carbocycles. The van der Waals surface area contributed by atoms with Crippen LogP contribution in [0.25, 0.3) is 10.9 Å². The summed E-state index contributed by atoms with van der Waals surface area (Å²) in [4.78, 5) is 45.1. The van der Waals surface area contributed by atoms with Crippen LogP contribution in [0.1, 0.15) is 106 Å². The van der Waals surface area contributed by atoms with Gasteiger partial charge in [0.15, 0.2) is 0 Å². The Morgan fingerprint density at radius 1 is 0.926 bits per heavy atom. The summed E-state index contributed by atoms with van der Waals surface area (Å²) >= 11 is 0. The molecule has 4 heterocycles. The molecule has 7 rings (SSSR count). The van der Waals surface area contributed by atoms with E-state index in [-0.39, 0.29) is 23.4 Å². The van der Waals surface area contributed by atoms with Crippen LogP contribution in [0.15, 0.2) is 30.5 Å². The minimum Gasteiger partial charge on any atom is -0.465 e. The zero-order valence-corrected chi connectivity index (χ0v) is 31.4. The number of carboxylic acid groups (broad SMARTS) is 1. The number of anilines is 2. The van der Waals surface area contributed by atoms with Crippen LogP contribution in [0.2, 0.25) is 0 Å². The molecule has 54 heavy (non-hydrogen) atoms. The SMILES string of the molecule is Cc1nc(N[C@H](C)c2cc(N)cc(C(F)(F)F)c2)c2cc(C3CCC(C(=O)N4CCN(CC5CCC6(CC5)CCN(C(=O)O)CC6)CC4)CC3)ncc2n1. The lowest BCUT2D eigenvalue weighted by atomic mass is 9.65. The van der Waals surface area contributed by atoms with Crippen molar-refractivity contribution in [1.29, 1.82) is 0 Å². The minimum absolute atomic E-state index is 0.0132. The molecule has 0 bridgehead atoms. The third-order valence-electron chi connectivity index (χ3n) is 12.8. The van der Waals surface area contributed by atoms with Gasteiger partial charge in [-0.05, 0) is 119 Å². The zero-order chi connectivity index (χ0) is 38.2. The first-order valence-electron chi connectivity index (χ1n) is 19.6. The lowest BCUT2D eigenvalue weighted by molar-refractivity contribution is -0.139. The van der Waals surface area contributed by atoms with Crippen molar-refractivity contribution in [2.75, 3.05) is 56.9 Å². The number of pyridine rings is 1. The van der Waals surface area contributed by atoms with Crippen LogP contribution in [-0.4, -0.2) is 92.6 Å². The molecule has 2 aliphatic heterocycles. The summed E-state index contributed by atoms with van der Waals surface area (Å²) in [6, 6.07) is 5.07. The van der Waals surface area contributed by atoms with E-state index < -0.39 is 23.9 Å². The fourth-order valence-corrected chi connectivity index (χ4v) is 9.43. The maximum absolute atomic E-state index is 13.7. The molecular weight excluding hydrogens is 697 g/mol. The van der Waals surface area contributed by atoms with E-state index in [1.165, 1.54) is 25.7 Å². The molecule has 14 heteroatoms. The molecule has 11 nitrogen and oxygen atoms in total. The molecule has 2 aromatic heterocycles. The first kappa shape index (κ1) is 38.1. The van der Waals surface area contributed by atoms with Crippen molar-refractivity contribution < 1.29 is 27.9 Å². The predicted octanol–water partition coefficient (Wildman–Crippen LogP) is 7.48. The number of nitrogens with zero attached hydrogens (tertiary/aromatic N) is 6. The number of aryl methyl sites for hydroxylation is 1. The highest BCUT2D eigenvalue weighted by atomic mass is 19.4. The van der Waals surface area contributed by atoms with Crippen LogP contribution in [0.4, 0.5) is 29.5 Å². The monoisotopic (exact) mass is 750 g/mol. The number of halogens is 3. The number of nitrogen functional groups attached to an aromatic ring is 1. The lowest BCUT2D eigenvalue weighted by Gasteiger charge is -2.46. The van der Waals surface area contributed by atoms with Gasteiger partial charge in [0.25, 0.3) is 0 Å². The molecule has 1 aromatic carbocycles. The number of aromatic nitrogens is 3. The van der Waals surface area contributed by atoms with Gasteiger partial charge < -0.3 is 26.0 Å². The third kappa shape index (κ3) is 8.53. The smallest absolute Gasteiger partial charge is 0.416 e. The number of nitrogens with one attached hydrogen (secondary N) is 1. The highest BCUT2D eigenvalue weighted by Gasteiger charge is 2.40. The Bertz CT molecular complexity index is 1820. The number of hydrogen-bond donors (Lipinski definition) is 3. The maximum Gasteiger partial charge on any atom is 0.416 e. The van der Waals surface area contributed by atoms with Crippen LogP contribution in [-0.2, 0) is 11.0 Å². The Kier molecular flexibility index (Phi) is 10.9. The largest absolute Gasteiger partial charge is 0.465 e. The van der Waals surface area contributed by atoms with Gasteiger partial charge in [-0.2, -0.15) is 13.2 Å². The molecule has 0 unspecified atom stereocenters. The molecule has 3 aromatic rings. The third-order valence-corrected chi connectivity index (χ3v) is 12.8. The summed E-state index contributed by atoms with van der Waals surface area (Å²) in [7, 11) is 0. The van der Waals surface area contributed by atoms with Gasteiger partial charge in [0.2, 0.25) is 5.91 Å². The number of carbonyl (C=O) groups excluding carboxylic acids is 1. The van der Waals surface area contributed by atoms with Gasteiger partial charge in [0.05, 0.1) is 23.3 Å². The summed E-state index contributed by atoms with van der Waals surface area (Å²) in [6.45, 7) is 9.33. The van der Waals surface area contributed by atoms with E-state index in [9.17, 15) is 27.9 Å². The molecule has 1 atom stereocenters. The number of carbonyl (C=O) groups is 2. The van der Waals surface area contributed by atoms with E-state index >= 15 is 0 Å². The van der Waals surface area contributed by atoms with Gasteiger partial charge in [-0.3, -0.25) is 14.7 Å². The molecule has 1 spiro atoms. The molecule has 4 aliphatic rings. The molecule has 2 saturated carbocycles. The van der Waals surface area contributed by atoms with Crippen molar-refractivity contribution in [2.24, 2.45) is 17.3 Å². The number of piperidine rings is 1. The Labute approximate surface area is 314 Å². The summed E-state index contributed by atoms with van der Waals surface area (Å²) in [5.41, 5.74) is 7.39. The number of amides is 2. The summed E-state index contributed by atoms with van der Waals surface area (Å²) < 4.78 is 40.5. The van der Waals surface area contributed by atoms with E-state index in [0.29, 0.717) is 47.1 Å². The number of piperazine rings is 1. The molecule has 0 radical (unpaired) electrons. The van der Waals surface area contributed by atoms with Gasteiger partial charge in [0.1, 0.15) is 11.6 Å². The van der Waals surface area contributed by atoms with E-state index in [0.717, 1.165) is 94.5 Å². The Balaban J connectivity index is 0.902. The first-order chi connectivity index (χ1) is 25.7. The van der Waals surface area contributed by atoms with Crippen LogP contribution in [0, 0.1) is 24.2 Å². The molecular formula is C40H53F3N8O3. The van der Waals surface area contributed by atoms with E-state index in [1.807, 2.05) is 6.07 Å². The van der Waals surface area contributed by atoms with E-state index in [4.69, 9.17) is 10.7 Å². The molecule has 4 fully saturated rings. The second-order valence-electron chi connectivity index (χ2n) is 16.4. The zero-order valence-electron chi connectivity index (χ0n) is 31.4. The average molecular weight is 751 g/mol. The fraction of sp³-hybridized carbons (Fsp3) is 0.625. The molecule has 4 N–H and O–H groups in total. The Hall–Kier alpha value is -4.20. The van der Waals surface area contributed by atoms with Crippen molar-refractivity contribution in [3.63, 3.8) is 0 Å². The number of benzene rings is 1. The van der Waals surface area contributed by atoms with Crippen molar-refractivity contribution in [3.8, 4) is 0 Å². The number of rotatable bonds is 7. The van der Waals surface area contributed by atoms with Gasteiger partial charge >= 0.3 is 12.3 Å². The van der Waals surface area contributed by atoms with Crippen LogP contribution >= 0.6 is 0 Å². The Morgan fingerprint density at radius 2 is 1.61 bits per heavy atom. The number of fused-ring (bicyclic) bond motifs is 1. The van der Waals surface area contributed by atoms with Crippen LogP contribution < -0.4 is 11.1 Å². The van der Waals surface area contributed by atoms with Crippen molar-refractivity contribution in [2.45, 2.75) is 96.2 Å². The van der Waals surface area contributed by atoms with Crippen LogP contribution in [0.5, 0.6) is 0 Å².